The standard InChI is InChI=1S/C25H33F2N5/c1-5-7-13-32(14-8-6-2)20-15-17(3)21(18(4)16-20)19-9-11-25(28,12-10-19)22-29-23(26)31-24(27)30-22/h9-11,15-16H,5-8,12-14,28H2,1-4H3. The highest BCUT2D eigenvalue weighted by Gasteiger charge is 2.31. The molecule has 172 valence electrons. The molecule has 1 aliphatic rings. The Morgan fingerprint density at radius 3 is 2.00 bits per heavy atom. The second-order valence-corrected chi connectivity index (χ2v) is 8.58. The van der Waals surface area contributed by atoms with Crippen LogP contribution in [0.25, 0.3) is 5.57 Å². The van der Waals surface area contributed by atoms with Gasteiger partial charge in [-0.1, -0.05) is 44.9 Å². The quantitative estimate of drug-likeness (QED) is 0.567. The number of aryl methyl sites for hydroxylation is 2. The number of aromatic nitrogens is 3. The maximum Gasteiger partial charge on any atom is 0.314 e. The summed E-state index contributed by atoms with van der Waals surface area (Å²) in [5.41, 5.74) is 11.0. The van der Waals surface area contributed by atoms with Gasteiger partial charge in [0, 0.05) is 18.8 Å². The molecule has 3 rings (SSSR count). The molecule has 0 amide bonds. The molecule has 0 aliphatic heterocycles. The van der Waals surface area contributed by atoms with Gasteiger partial charge in [0.2, 0.25) is 0 Å². The summed E-state index contributed by atoms with van der Waals surface area (Å²) in [4.78, 5) is 12.6. The monoisotopic (exact) mass is 441 g/mol. The fraction of sp³-hybridized carbons (Fsp3) is 0.480. The topological polar surface area (TPSA) is 67.9 Å². The summed E-state index contributed by atoms with van der Waals surface area (Å²) in [6, 6.07) is 4.51. The third kappa shape index (κ3) is 5.38. The Morgan fingerprint density at radius 2 is 1.53 bits per heavy atom. The van der Waals surface area contributed by atoms with Crippen LogP contribution >= 0.6 is 0 Å². The number of rotatable bonds is 9. The molecule has 32 heavy (non-hydrogen) atoms. The molecule has 1 unspecified atom stereocenters. The van der Waals surface area contributed by atoms with Crippen LogP contribution in [0.3, 0.4) is 0 Å². The molecule has 7 heteroatoms. The first-order valence-electron chi connectivity index (χ1n) is 11.4. The lowest BCUT2D eigenvalue weighted by Crippen LogP contribution is -2.38. The number of allylic oxidation sites excluding steroid dienone is 2. The molecule has 0 bridgehead atoms. The van der Waals surface area contributed by atoms with Crippen LogP contribution in [0.2, 0.25) is 0 Å². The van der Waals surface area contributed by atoms with E-state index < -0.39 is 17.7 Å². The van der Waals surface area contributed by atoms with Gasteiger partial charge in [-0.3, -0.25) is 0 Å². The molecular formula is C25H33F2N5. The third-order valence-corrected chi connectivity index (χ3v) is 5.95. The smallest absolute Gasteiger partial charge is 0.314 e. The average molecular weight is 442 g/mol. The van der Waals surface area contributed by atoms with Crippen LogP contribution < -0.4 is 10.6 Å². The van der Waals surface area contributed by atoms with E-state index in [1.807, 2.05) is 12.2 Å². The summed E-state index contributed by atoms with van der Waals surface area (Å²) in [5, 5.41) is 0. The highest BCUT2D eigenvalue weighted by Crippen LogP contribution is 2.35. The molecule has 2 aromatic rings. The van der Waals surface area contributed by atoms with Crippen LogP contribution in [0.15, 0.2) is 30.4 Å². The first-order chi connectivity index (χ1) is 15.3. The lowest BCUT2D eigenvalue weighted by molar-refractivity contribution is 0.412. The molecule has 0 radical (unpaired) electrons. The first-order valence-corrected chi connectivity index (χ1v) is 11.4. The van der Waals surface area contributed by atoms with E-state index in [1.165, 1.54) is 42.5 Å². The van der Waals surface area contributed by atoms with E-state index in [9.17, 15) is 8.78 Å². The Bertz CT molecular complexity index is 966. The maximum absolute atomic E-state index is 13.5. The lowest BCUT2D eigenvalue weighted by atomic mass is 9.84. The molecule has 1 heterocycles. The predicted octanol–water partition coefficient (Wildman–Crippen LogP) is 5.37. The van der Waals surface area contributed by atoms with Crippen molar-refractivity contribution in [2.24, 2.45) is 5.73 Å². The summed E-state index contributed by atoms with van der Waals surface area (Å²) in [7, 11) is 0. The fourth-order valence-corrected chi connectivity index (χ4v) is 4.19. The van der Waals surface area contributed by atoms with Crippen molar-refractivity contribution in [3.8, 4) is 0 Å². The minimum absolute atomic E-state index is 0.111. The van der Waals surface area contributed by atoms with Gasteiger partial charge in [0.1, 0.15) is 0 Å². The van der Waals surface area contributed by atoms with Crippen molar-refractivity contribution < 1.29 is 8.78 Å². The van der Waals surface area contributed by atoms with Crippen LogP contribution in [0.5, 0.6) is 0 Å². The van der Waals surface area contributed by atoms with Gasteiger partial charge in [-0.25, -0.2) is 0 Å². The Kier molecular flexibility index (Phi) is 7.72. The molecule has 5 nitrogen and oxygen atoms in total. The van der Waals surface area contributed by atoms with E-state index >= 15 is 0 Å². The van der Waals surface area contributed by atoms with Crippen molar-refractivity contribution >= 4 is 11.3 Å². The Morgan fingerprint density at radius 1 is 0.969 bits per heavy atom. The number of halogens is 2. The summed E-state index contributed by atoms with van der Waals surface area (Å²) < 4.78 is 26.9. The lowest BCUT2D eigenvalue weighted by Gasteiger charge is -2.28. The summed E-state index contributed by atoms with van der Waals surface area (Å²) in [6.45, 7) is 10.8. The van der Waals surface area contributed by atoms with Gasteiger partial charge in [0.25, 0.3) is 0 Å². The third-order valence-electron chi connectivity index (χ3n) is 5.95. The molecule has 1 atom stereocenters. The molecule has 0 saturated carbocycles. The van der Waals surface area contributed by atoms with Gasteiger partial charge in [-0.2, -0.15) is 23.7 Å². The normalized spacial score (nSPS) is 18.0. The molecule has 1 aromatic heterocycles. The number of hydrogen-bond acceptors (Lipinski definition) is 5. The van der Waals surface area contributed by atoms with Crippen LogP contribution in [0.1, 0.15) is 68.5 Å². The summed E-state index contributed by atoms with van der Waals surface area (Å²) in [5.74, 6) is -0.111. The Labute approximate surface area is 189 Å². The molecule has 0 saturated heterocycles. The van der Waals surface area contributed by atoms with Crippen LogP contribution in [-0.2, 0) is 5.54 Å². The molecule has 1 aromatic carbocycles. The maximum atomic E-state index is 13.5. The van der Waals surface area contributed by atoms with Gasteiger partial charge in [-0.05, 0) is 67.5 Å². The van der Waals surface area contributed by atoms with Crippen LogP contribution in [0.4, 0.5) is 14.5 Å². The first kappa shape index (κ1) is 24.0. The molecule has 0 fully saturated rings. The predicted molar refractivity (Wildman–Crippen MR) is 125 cm³/mol. The number of hydrogen-bond donors (Lipinski definition) is 1. The van der Waals surface area contributed by atoms with E-state index in [-0.39, 0.29) is 5.82 Å². The van der Waals surface area contributed by atoms with Crippen molar-refractivity contribution in [3.05, 3.63) is 65.0 Å². The molecule has 0 spiro atoms. The van der Waals surface area contributed by atoms with Gasteiger partial charge < -0.3 is 10.6 Å². The van der Waals surface area contributed by atoms with Crippen molar-refractivity contribution in [1.29, 1.82) is 0 Å². The van der Waals surface area contributed by atoms with E-state index in [4.69, 9.17) is 5.73 Å². The van der Waals surface area contributed by atoms with Gasteiger partial charge in [0.05, 0.1) is 5.54 Å². The summed E-state index contributed by atoms with van der Waals surface area (Å²) in [6.07, 6.45) is 8.29. The van der Waals surface area contributed by atoms with Crippen LogP contribution in [-0.4, -0.2) is 28.0 Å². The Balaban J connectivity index is 1.86. The van der Waals surface area contributed by atoms with Crippen molar-refractivity contribution in [3.63, 3.8) is 0 Å². The molecular weight excluding hydrogens is 408 g/mol. The van der Waals surface area contributed by atoms with Crippen molar-refractivity contribution in [2.45, 2.75) is 65.3 Å². The second-order valence-electron chi connectivity index (χ2n) is 8.58. The van der Waals surface area contributed by atoms with Crippen molar-refractivity contribution in [1.82, 2.24) is 15.0 Å². The van der Waals surface area contributed by atoms with Gasteiger partial charge in [-0.15, -0.1) is 0 Å². The largest absolute Gasteiger partial charge is 0.372 e. The highest BCUT2D eigenvalue weighted by molar-refractivity contribution is 5.80. The zero-order chi connectivity index (χ0) is 23.3. The second kappa shape index (κ2) is 10.3. The van der Waals surface area contributed by atoms with E-state index in [2.05, 4.69) is 59.7 Å². The minimum Gasteiger partial charge on any atom is -0.372 e. The highest BCUT2D eigenvalue weighted by atomic mass is 19.1. The Hall–Kier alpha value is -2.67. The number of unbranched alkanes of at least 4 members (excludes halogenated alkanes) is 2. The average Bonchev–Trinajstić information content (AvgIpc) is 2.74. The summed E-state index contributed by atoms with van der Waals surface area (Å²) >= 11 is 0. The number of benzene rings is 1. The van der Waals surface area contributed by atoms with E-state index in [0.717, 1.165) is 24.2 Å². The number of nitrogens with two attached hydrogens (primary N) is 1. The molecule has 1 aliphatic carbocycles. The SMILES string of the molecule is CCCCN(CCCC)c1cc(C)c(C2=CCC(N)(c3nc(F)nc(F)n3)C=C2)c(C)c1. The number of nitrogens with zero attached hydrogens (tertiary/aromatic N) is 4. The molecule has 2 N–H and O–H groups in total. The van der Waals surface area contributed by atoms with Gasteiger partial charge >= 0.3 is 12.2 Å². The van der Waals surface area contributed by atoms with Crippen LogP contribution in [0, 0.1) is 26.0 Å². The van der Waals surface area contributed by atoms with E-state index in [1.54, 1.807) is 6.08 Å². The van der Waals surface area contributed by atoms with Gasteiger partial charge in [0.15, 0.2) is 5.82 Å². The fourth-order valence-electron chi connectivity index (χ4n) is 4.19. The van der Waals surface area contributed by atoms with E-state index in [0.29, 0.717) is 6.42 Å². The minimum atomic E-state index is -1.17. The van der Waals surface area contributed by atoms with Crippen molar-refractivity contribution in [2.75, 3.05) is 18.0 Å². The zero-order valence-electron chi connectivity index (χ0n) is 19.5. The number of anilines is 1. The zero-order valence-corrected chi connectivity index (χ0v) is 19.5.